The van der Waals surface area contributed by atoms with Crippen LogP contribution in [0.15, 0.2) is 42.1 Å². The van der Waals surface area contributed by atoms with Gasteiger partial charge in [0, 0.05) is 5.02 Å². The van der Waals surface area contributed by atoms with Crippen LogP contribution in [0.25, 0.3) is 6.08 Å². The lowest BCUT2D eigenvalue weighted by atomic mass is 10.2. The van der Waals surface area contributed by atoms with Crippen molar-refractivity contribution in [3.63, 3.8) is 0 Å². The third kappa shape index (κ3) is 4.39. The SMILES string of the molecule is C#CCOc1c(I)cc(/C=C2/NC(=O)N(c3cccc(Cl)c3)C2=O)cc1I. The highest BCUT2D eigenvalue weighted by molar-refractivity contribution is 14.1. The number of ether oxygens (including phenoxy) is 1. The molecule has 3 rings (SSSR count). The van der Waals surface area contributed by atoms with Gasteiger partial charge in [0.2, 0.25) is 0 Å². The summed E-state index contributed by atoms with van der Waals surface area (Å²) in [5, 5.41) is 3.04. The Bertz CT molecular complexity index is 991. The predicted molar refractivity (Wildman–Crippen MR) is 122 cm³/mol. The van der Waals surface area contributed by atoms with Crippen LogP contribution in [0.5, 0.6) is 5.75 Å². The average molecular weight is 605 g/mol. The number of urea groups is 1. The molecular formula is C19H11ClI2N2O3. The number of amides is 3. The molecule has 1 aliphatic rings. The zero-order valence-corrected chi connectivity index (χ0v) is 18.7. The summed E-state index contributed by atoms with van der Waals surface area (Å²) >= 11 is 10.2. The summed E-state index contributed by atoms with van der Waals surface area (Å²) in [5.74, 6) is 2.68. The fraction of sp³-hybridized carbons (Fsp3) is 0.0526. The standard InChI is InChI=1S/C19H11ClI2N2O3/c1-2-6-27-17-14(21)7-11(8-15(17)22)9-16-18(25)24(19(26)23-16)13-5-3-4-12(20)10-13/h1,3-5,7-10H,6H2,(H,23,26)/b16-9+. The average Bonchev–Trinajstić information content (AvgIpc) is 2.88. The van der Waals surface area contributed by atoms with Crippen molar-refractivity contribution in [2.45, 2.75) is 0 Å². The second-order valence-corrected chi connectivity index (χ2v) is 8.18. The quantitative estimate of drug-likeness (QED) is 0.239. The topological polar surface area (TPSA) is 58.6 Å². The van der Waals surface area contributed by atoms with Crippen LogP contribution >= 0.6 is 56.8 Å². The van der Waals surface area contributed by atoms with Gasteiger partial charge in [-0.05, 0) is 87.2 Å². The van der Waals surface area contributed by atoms with Crippen LogP contribution < -0.4 is 15.0 Å². The molecule has 0 saturated carbocycles. The van der Waals surface area contributed by atoms with Gasteiger partial charge in [0.05, 0.1) is 12.8 Å². The minimum atomic E-state index is -0.521. The second kappa shape index (κ2) is 8.50. The van der Waals surface area contributed by atoms with Gasteiger partial charge in [-0.3, -0.25) is 4.79 Å². The van der Waals surface area contributed by atoms with Crippen LogP contribution in [0.4, 0.5) is 10.5 Å². The Hall–Kier alpha value is -1.77. The molecule has 1 heterocycles. The van der Waals surface area contributed by atoms with Crippen molar-refractivity contribution >= 4 is 80.5 Å². The smallest absolute Gasteiger partial charge is 0.333 e. The zero-order chi connectivity index (χ0) is 19.6. The number of carbonyl (C=O) groups is 2. The van der Waals surface area contributed by atoms with E-state index < -0.39 is 11.9 Å². The molecule has 1 fully saturated rings. The van der Waals surface area contributed by atoms with Crippen molar-refractivity contribution < 1.29 is 14.3 Å². The number of imide groups is 1. The maximum Gasteiger partial charge on any atom is 0.333 e. The van der Waals surface area contributed by atoms with E-state index in [1.54, 1.807) is 30.3 Å². The van der Waals surface area contributed by atoms with Gasteiger partial charge in [0.25, 0.3) is 5.91 Å². The van der Waals surface area contributed by atoms with Crippen LogP contribution in [0, 0.1) is 19.5 Å². The Morgan fingerprint density at radius 2 is 1.93 bits per heavy atom. The summed E-state index contributed by atoms with van der Waals surface area (Å²) in [5.41, 5.74) is 1.35. The monoisotopic (exact) mass is 604 g/mol. The maximum absolute atomic E-state index is 12.7. The first-order valence-corrected chi connectivity index (χ1v) is 10.1. The van der Waals surface area contributed by atoms with Crippen molar-refractivity contribution in [3.8, 4) is 18.1 Å². The Balaban J connectivity index is 1.91. The molecule has 2 aromatic carbocycles. The van der Waals surface area contributed by atoms with Crippen molar-refractivity contribution in [2.24, 2.45) is 0 Å². The minimum Gasteiger partial charge on any atom is -0.479 e. The third-order valence-electron chi connectivity index (χ3n) is 3.58. The summed E-state index contributed by atoms with van der Waals surface area (Å²) in [6.07, 6.45) is 6.86. The van der Waals surface area contributed by atoms with Crippen molar-refractivity contribution in [2.75, 3.05) is 11.5 Å². The van der Waals surface area contributed by atoms with E-state index in [0.29, 0.717) is 16.5 Å². The van der Waals surface area contributed by atoms with E-state index in [-0.39, 0.29) is 12.3 Å². The maximum atomic E-state index is 12.7. The number of nitrogens with zero attached hydrogens (tertiary/aromatic N) is 1. The van der Waals surface area contributed by atoms with Crippen molar-refractivity contribution in [1.29, 1.82) is 0 Å². The number of hydrogen-bond donors (Lipinski definition) is 1. The molecule has 27 heavy (non-hydrogen) atoms. The first-order chi connectivity index (χ1) is 12.9. The summed E-state index contributed by atoms with van der Waals surface area (Å²) in [6.45, 7) is 0.176. The molecule has 0 spiro atoms. The van der Waals surface area contributed by atoms with Gasteiger partial charge in [-0.1, -0.05) is 23.6 Å². The van der Waals surface area contributed by atoms with Crippen LogP contribution in [-0.4, -0.2) is 18.5 Å². The lowest BCUT2D eigenvalue weighted by Gasteiger charge is -2.11. The summed E-state index contributed by atoms with van der Waals surface area (Å²) in [7, 11) is 0. The molecule has 3 amide bonds. The Kier molecular flexibility index (Phi) is 6.29. The molecular weight excluding hydrogens is 593 g/mol. The lowest BCUT2D eigenvalue weighted by molar-refractivity contribution is -0.113. The molecule has 0 aromatic heterocycles. The first-order valence-electron chi connectivity index (χ1n) is 7.58. The number of benzene rings is 2. The molecule has 1 aliphatic heterocycles. The highest BCUT2D eigenvalue weighted by Crippen LogP contribution is 2.30. The number of carbonyl (C=O) groups excluding carboxylic acids is 2. The Morgan fingerprint density at radius 1 is 1.22 bits per heavy atom. The predicted octanol–water partition coefficient (Wildman–Crippen LogP) is 4.66. The van der Waals surface area contributed by atoms with Crippen molar-refractivity contribution in [1.82, 2.24) is 5.32 Å². The van der Waals surface area contributed by atoms with E-state index in [4.69, 9.17) is 22.8 Å². The molecule has 2 aromatic rings. The third-order valence-corrected chi connectivity index (χ3v) is 5.41. The molecule has 0 bridgehead atoms. The summed E-state index contributed by atoms with van der Waals surface area (Å²) < 4.78 is 7.24. The molecule has 8 heteroatoms. The fourth-order valence-corrected chi connectivity index (χ4v) is 4.78. The van der Waals surface area contributed by atoms with Gasteiger partial charge in [0.1, 0.15) is 18.1 Å². The van der Waals surface area contributed by atoms with Gasteiger partial charge >= 0.3 is 6.03 Å². The van der Waals surface area contributed by atoms with Crippen LogP contribution in [0.1, 0.15) is 5.56 Å². The molecule has 1 saturated heterocycles. The highest BCUT2D eigenvalue weighted by atomic mass is 127. The van der Waals surface area contributed by atoms with E-state index in [2.05, 4.69) is 56.4 Å². The van der Waals surface area contributed by atoms with E-state index in [0.717, 1.165) is 17.6 Å². The summed E-state index contributed by atoms with van der Waals surface area (Å²) in [6, 6.07) is 9.74. The number of terminal acetylenes is 1. The minimum absolute atomic E-state index is 0.176. The zero-order valence-electron chi connectivity index (χ0n) is 13.6. The van der Waals surface area contributed by atoms with Crippen LogP contribution in [0.3, 0.4) is 0 Å². The number of nitrogens with one attached hydrogen (secondary N) is 1. The largest absolute Gasteiger partial charge is 0.479 e. The molecule has 0 unspecified atom stereocenters. The Labute approximate surface area is 188 Å². The number of anilines is 1. The molecule has 136 valence electrons. The number of halogens is 3. The van der Waals surface area contributed by atoms with Gasteiger partial charge in [-0.15, -0.1) is 6.42 Å². The van der Waals surface area contributed by atoms with Gasteiger partial charge in [0.15, 0.2) is 0 Å². The van der Waals surface area contributed by atoms with Crippen LogP contribution in [0.2, 0.25) is 5.02 Å². The number of rotatable bonds is 4. The first kappa shape index (κ1) is 20.0. The molecule has 0 radical (unpaired) electrons. The van der Waals surface area contributed by atoms with Crippen LogP contribution in [-0.2, 0) is 4.79 Å². The lowest BCUT2D eigenvalue weighted by Crippen LogP contribution is -2.30. The van der Waals surface area contributed by atoms with Gasteiger partial charge < -0.3 is 10.1 Å². The highest BCUT2D eigenvalue weighted by Gasteiger charge is 2.35. The van der Waals surface area contributed by atoms with E-state index in [1.165, 1.54) is 0 Å². The fourth-order valence-electron chi connectivity index (χ4n) is 2.47. The Morgan fingerprint density at radius 3 is 2.56 bits per heavy atom. The van der Waals surface area contributed by atoms with Gasteiger partial charge in [-0.2, -0.15) is 0 Å². The molecule has 0 aliphatic carbocycles. The van der Waals surface area contributed by atoms with E-state index in [1.807, 2.05) is 12.1 Å². The van der Waals surface area contributed by atoms with Gasteiger partial charge in [-0.25, -0.2) is 9.69 Å². The normalized spacial score (nSPS) is 15.0. The molecule has 0 atom stereocenters. The second-order valence-electron chi connectivity index (χ2n) is 5.42. The number of hydrogen-bond acceptors (Lipinski definition) is 3. The molecule has 1 N–H and O–H groups in total. The van der Waals surface area contributed by atoms with E-state index >= 15 is 0 Å². The molecule has 5 nitrogen and oxygen atoms in total. The van der Waals surface area contributed by atoms with Crippen molar-refractivity contribution in [3.05, 3.63) is 59.8 Å². The summed E-state index contributed by atoms with van der Waals surface area (Å²) in [4.78, 5) is 26.0. The van der Waals surface area contributed by atoms with E-state index in [9.17, 15) is 9.59 Å².